The molecule has 0 aromatic carbocycles. The lowest BCUT2D eigenvalue weighted by Gasteiger charge is -2.25. The minimum atomic E-state index is 0.136. The summed E-state index contributed by atoms with van der Waals surface area (Å²) in [5.41, 5.74) is 0.136. The molecule has 6 nitrogen and oxygen atoms in total. The van der Waals surface area contributed by atoms with Crippen LogP contribution in [0.4, 0.5) is 0 Å². The Morgan fingerprint density at radius 1 is 1.24 bits per heavy atom. The lowest BCUT2D eigenvalue weighted by Crippen LogP contribution is -2.44. The molecule has 142 valence electrons. The number of rotatable bonds is 8. The number of likely N-dealkylation sites (tertiary alicyclic amines) is 1. The van der Waals surface area contributed by atoms with E-state index in [4.69, 9.17) is 9.41 Å². The second kappa shape index (κ2) is 9.82. The molecule has 2 heterocycles. The van der Waals surface area contributed by atoms with Gasteiger partial charge in [-0.15, -0.1) is 0 Å². The van der Waals surface area contributed by atoms with E-state index >= 15 is 0 Å². The average Bonchev–Trinajstić information content (AvgIpc) is 3.24. The summed E-state index contributed by atoms with van der Waals surface area (Å²) in [6.07, 6.45) is 4.28. The minimum absolute atomic E-state index is 0.136. The van der Waals surface area contributed by atoms with E-state index in [-0.39, 0.29) is 11.6 Å². The zero-order valence-corrected chi connectivity index (χ0v) is 16.3. The van der Waals surface area contributed by atoms with Crippen LogP contribution in [0.5, 0.6) is 0 Å². The van der Waals surface area contributed by atoms with Crippen molar-refractivity contribution in [3.05, 3.63) is 24.2 Å². The molecule has 1 aliphatic rings. The third kappa shape index (κ3) is 7.08. The van der Waals surface area contributed by atoms with E-state index in [1.54, 1.807) is 6.26 Å². The normalized spacial score (nSPS) is 17.7. The van der Waals surface area contributed by atoms with Gasteiger partial charge in [0.2, 0.25) is 0 Å². The summed E-state index contributed by atoms with van der Waals surface area (Å²) >= 11 is 0. The van der Waals surface area contributed by atoms with Gasteiger partial charge in [-0.25, -0.2) is 0 Å². The van der Waals surface area contributed by atoms with Crippen molar-refractivity contribution >= 4 is 5.96 Å². The topological polar surface area (TPSA) is 64.8 Å². The first kappa shape index (κ1) is 19.8. The van der Waals surface area contributed by atoms with Gasteiger partial charge in [0.05, 0.1) is 18.8 Å². The van der Waals surface area contributed by atoms with Gasteiger partial charge in [0.25, 0.3) is 0 Å². The summed E-state index contributed by atoms with van der Waals surface area (Å²) in [5, 5.41) is 10.2. The van der Waals surface area contributed by atoms with E-state index in [0.29, 0.717) is 6.54 Å². The number of furan rings is 1. The summed E-state index contributed by atoms with van der Waals surface area (Å²) in [7, 11) is 0. The fourth-order valence-corrected chi connectivity index (χ4v) is 3.06. The fraction of sp³-hybridized carbons (Fsp3) is 0.737. The van der Waals surface area contributed by atoms with Crippen LogP contribution in [0, 0.1) is 0 Å². The van der Waals surface area contributed by atoms with Crippen LogP contribution in [0.25, 0.3) is 0 Å². The molecule has 1 saturated heterocycles. The Morgan fingerprint density at radius 3 is 2.60 bits per heavy atom. The first-order chi connectivity index (χ1) is 12.0. The van der Waals surface area contributed by atoms with Crippen LogP contribution < -0.4 is 16.0 Å². The van der Waals surface area contributed by atoms with Crippen LogP contribution in [0.2, 0.25) is 0 Å². The van der Waals surface area contributed by atoms with Crippen LogP contribution in [0.3, 0.4) is 0 Å². The number of guanidine groups is 1. The first-order valence-electron chi connectivity index (χ1n) is 9.54. The van der Waals surface area contributed by atoms with Gasteiger partial charge < -0.3 is 20.4 Å². The number of hydrogen-bond acceptors (Lipinski definition) is 4. The molecular weight excluding hydrogens is 314 g/mol. The molecule has 1 aromatic rings. The Labute approximate surface area is 152 Å². The molecule has 0 spiro atoms. The van der Waals surface area contributed by atoms with Crippen LogP contribution in [0.1, 0.15) is 52.3 Å². The van der Waals surface area contributed by atoms with E-state index in [2.05, 4.69) is 54.6 Å². The standard InChI is InChI=1S/C19H35N5O/c1-5-20-18(21-10-11-23-19(2,3)4)22-15-16(17-9-8-14-25-17)24-12-6-7-13-24/h8-9,14,16,23H,5-7,10-13,15H2,1-4H3,(H2,20,21,22). The molecule has 0 aliphatic carbocycles. The lowest BCUT2D eigenvalue weighted by molar-refractivity contribution is 0.221. The molecule has 25 heavy (non-hydrogen) atoms. The van der Waals surface area contributed by atoms with Gasteiger partial charge in [-0.05, 0) is 65.8 Å². The molecule has 2 rings (SSSR count). The quantitative estimate of drug-likeness (QED) is 0.382. The van der Waals surface area contributed by atoms with Crippen LogP contribution in [-0.4, -0.2) is 55.7 Å². The monoisotopic (exact) mass is 349 g/mol. The van der Waals surface area contributed by atoms with Crippen molar-refractivity contribution in [1.82, 2.24) is 20.9 Å². The van der Waals surface area contributed by atoms with E-state index in [0.717, 1.165) is 44.4 Å². The maximum Gasteiger partial charge on any atom is 0.191 e. The maximum absolute atomic E-state index is 5.67. The molecule has 0 bridgehead atoms. The Hall–Kier alpha value is -1.53. The summed E-state index contributed by atoms with van der Waals surface area (Å²) < 4.78 is 5.67. The maximum atomic E-state index is 5.67. The number of nitrogens with zero attached hydrogens (tertiary/aromatic N) is 2. The molecule has 0 amide bonds. The van der Waals surface area contributed by atoms with Gasteiger partial charge in [0, 0.05) is 25.2 Å². The third-order valence-electron chi connectivity index (χ3n) is 4.29. The summed E-state index contributed by atoms with van der Waals surface area (Å²) in [5.74, 6) is 1.88. The highest BCUT2D eigenvalue weighted by Gasteiger charge is 2.25. The second-order valence-electron chi connectivity index (χ2n) is 7.60. The molecule has 1 fully saturated rings. The molecule has 1 aliphatic heterocycles. The zero-order chi connectivity index (χ0) is 18.1. The Bertz CT molecular complexity index is 500. The van der Waals surface area contributed by atoms with Gasteiger partial charge in [-0.2, -0.15) is 0 Å². The number of aliphatic imine (C=N–C) groups is 1. The molecule has 1 unspecified atom stereocenters. The van der Waals surface area contributed by atoms with Crippen LogP contribution in [0.15, 0.2) is 27.8 Å². The predicted octanol–water partition coefficient (Wildman–Crippen LogP) is 2.36. The van der Waals surface area contributed by atoms with Crippen molar-refractivity contribution in [1.29, 1.82) is 0 Å². The molecule has 1 atom stereocenters. The number of hydrogen-bond donors (Lipinski definition) is 3. The van der Waals surface area contributed by atoms with E-state index in [1.807, 2.05) is 6.07 Å². The summed E-state index contributed by atoms with van der Waals surface area (Å²) in [6.45, 7) is 14.2. The Morgan fingerprint density at radius 2 is 2.00 bits per heavy atom. The molecule has 3 N–H and O–H groups in total. The first-order valence-corrected chi connectivity index (χ1v) is 9.54. The number of nitrogens with one attached hydrogen (secondary N) is 3. The predicted molar refractivity (Wildman–Crippen MR) is 104 cm³/mol. The Kier molecular flexibility index (Phi) is 7.78. The van der Waals surface area contributed by atoms with Crippen LogP contribution >= 0.6 is 0 Å². The third-order valence-corrected chi connectivity index (χ3v) is 4.29. The van der Waals surface area contributed by atoms with E-state index < -0.39 is 0 Å². The molecule has 6 heteroatoms. The van der Waals surface area contributed by atoms with Gasteiger partial charge in [-0.1, -0.05) is 0 Å². The van der Waals surface area contributed by atoms with Gasteiger partial charge in [-0.3, -0.25) is 9.89 Å². The van der Waals surface area contributed by atoms with Crippen molar-refractivity contribution in [2.75, 3.05) is 39.3 Å². The van der Waals surface area contributed by atoms with E-state index in [9.17, 15) is 0 Å². The van der Waals surface area contributed by atoms with E-state index in [1.165, 1.54) is 12.8 Å². The van der Waals surface area contributed by atoms with Crippen molar-refractivity contribution in [2.45, 2.75) is 52.1 Å². The smallest absolute Gasteiger partial charge is 0.191 e. The van der Waals surface area contributed by atoms with Crippen molar-refractivity contribution in [3.63, 3.8) is 0 Å². The largest absolute Gasteiger partial charge is 0.468 e. The van der Waals surface area contributed by atoms with Crippen molar-refractivity contribution < 1.29 is 4.42 Å². The van der Waals surface area contributed by atoms with Gasteiger partial charge >= 0.3 is 0 Å². The second-order valence-corrected chi connectivity index (χ2v) is 7.60. The zero-order valence-electron chi connectivity index (χ0n) is 16.3. The highest BCUT2D eigenvalue weighted by Crippen LogP contribution is 2.25. The SMILES string of the molecule is CCNC(=NCC(c1ccco1)N1CCCC1)NCCNC(C)(C)C. The summed E-state index contributed by atoms with van der Waals surface area (Å²) in [4.78, 5) is 7.29. The van der Waals surface area contributed by atoms with Crippen LogP contribution in [-0.2, 0) is 0 Å². The summed E-state index contributed by atoms with van der Waals surface area (Å²) in [6, 6.07) is 4.25. The van der Waals surface area contributed by atoms with Gasteiger partial charge in [0.1, 0.15) is 5.76 Å². The van der Waals surface area contributed by atoms with Crippen molar-refractivity contribution in [3.8, 4) is 0 Å². The Balaban J connectivity index is 1.92. The molecule has 1 aromatic heterocycles. The highest BCUT2D eigenvalue weighted by atomic mass is 16.3. The molecule has 0 saturated carbocycles. The van der Waals surface area contributed by atoms with Gasteiger partial charge in [0.15, 0.2) is 5.96 Å². The minimum Gasteiger partial charge on any atom is -0.468 e. The fourth-order valence-electron chi connectivity index (χ4n) is 3.06. The highest BCUT2D eigenvalue weighted by molar-refractivity contribution is 5.79. The van der Waals surface area contributed by atoms with Crippen molar-refractivity contribution in [2.24, 2.45) is 4.99 Å². The average molecular weight is 350 g/mol. The molecule has 0 radical (unpaired) electrons. The molecular formula is C19H35N5O. The lowest BCUT2D eigenvalue weighted by atomic mass is 10.1.